The molecule has 1 rings (SSSR count). The first kappa shape index (κ1) is 18.1. The monoisotopic (exact) mass is 313 g/mol. The molecule has 0 radical (unpaired) electrons. The summed E-state index contributed by atoms with van der Waals surface area (Å²) < 4.78 is 24.7. The third-order valence-corrected chi connectivity index (χ3v) is 5.62. The van der Waals surface area contributed by atoms with E-state index in [1.54, 1.807) is 14.1 Å². The molecule has 0 unspecified atom stereocenters. The molecule has 1 aromatic heterocycles. The fourth-order valence-corrected chi connectivity index (χ4v) is 2.93. The van der Waals surface area contributed by atoms with E-state index < -0.39 is 10.0 Å². The van der Waals surface area contributed by atoms with Gasteiger partial charge in [0.1, 0.15) is 0 Å². The van der Waals surface area contributed by atoms with Gasteiger partial charge >= 0.3 is 0 Å². The van der Waals surface area contributed by atoms with Gasteiger partial charge < -0.3 is 4.90 Å². The predicted octanol–water partition coefficient (Wildman–Crippen LogP) is 1.53. The molecule has 1 aromatic rings. The fraction of sp³-hybridized carbons (Fsp3) is 0.667. The van der Waals surface area contributed by atoms with Gasteiger partial charge in [0.2, 0.25) is 10.0 Å². The van der Waals surface area contributed by atoms with Gasteiger partial charge in [0.05, 0.1) is 5.75 Å². The molecular weight excluding hydrogens is 286 g/mol. The van der Waals surface area contributed by atoms with Crippen LogP contribution in [0.25, 0.3) is 0 Å². The molecule has 0 amide bonds. The van der Waals surface area contributed by atoms with Crippen LogP contribution in [0.1, 0.15) is 24.6 Å². The third kappa shape index (κ3) is 6.11. The van der Waals surface area contributed by atoms with E-state index in [1.165, 1.54) is 9.87 Å². The van der Waals surface area contributed by atoms with Crippen LogP contribution in [-0.4, -0.2) is 62.1 Å². The first-order chi connectivity index (χ1) is 9.72. The third-order valence-electron chi connectivity index (χ3n) is 3.70. The second-order valence-electron chi connectivity index (χ2n) is 5.81. The van der Waals surface area contributed by atoms with E-state index >= 15 is 0 Å². The Morgan fingerprint density at radius 3 is 2.52 bits per heavy atom. The summed E-state index contributed by atoms with van der Waals surface area (Å²) in [5.74, 6) is 0.194. The topological polar surface area (TPSA) is 53.5 Å². The number of sulfonamides is 1. The van der Waals surface area contributed by atoms with Crippen LogP contribution in [0.15, 0.2) is 18.3 Å². The Morgan fingerprint density at radius 2 is 1.95 bits per heavy atom. The molecule has 0 aliphatic heterocycles. The van der Waals surface area contributed by atoms with Crippen LogP contribution in [0.3, 0.4) is 0 Å². The number of hydrogen-bond donors (Lipinski definition) is 0. The predicted molar refractivity (Wildman–Crippen MR) is 86.9 cm³/mol. The summed E-state index contributed by atoms with van der Waals surface area (Å²) in [6.45, 7) is 4.97. The van der Waals surface area contributed by atoms with E-state index in [4.69, 9.17) is 0 Å². The average molecular weight is 313 g/mol. The largest absolute Gasteiger partial charge is 0.303 e. The van der Waals surface area contributed by atoms with Crippen molar-refractivity contribution >= 4 is 10.0 Å². The number of pyridine rings is 1. The van der Waals surface area contributed by atoms with Crippen molar-refractivity contribution in [3.05, 3.63) is 29.6 Å². The van der Waals surface area contributed by atoms with Gasteiger partial charge in [-0.15, -0.1) is 0 Å². The molecule has 21 heavy (non-hydrogen) atoms. The first-order valence-corrected chi connectivity index (χ1v) is 8.85. The maximum absolute atomic E-state index is 11.7. The Balaban J connectivity index is 2.43. The van der Waals surface area contributed by atoms with Crippen LogP contribution in [0.5, 0.6) is 0 Å². The van der Waals surface area contributed by atoms with Gasteiger partial charge in [-0.05, 0) is 51.6 Å². The van der Waals surface area contributed by atoms with E-state index in [0.29, 0.717) is 12.5 Å². The van der Waals surface area contributed by atoms with Gasteiger partial charge in [0.25, 0.3) is 0 Å². The molecular formula is C15H27N3O2S. The molecule has 0 saturated heterocycles. The first-order valence-electron chi connectivity index (χ1n) is 7.24. The molecule has 0 spiro atoms. The highest BCUT2D eigenvalue weighted by atomic mass is 32.2. The van der Waals surface area contributed by atoms with E-state index in [-0.39, 0.29) is 5.75 Å². The number of likely N-dealkylation sites (N-methyl/N-ethyl adjacent to an activating group) is 1. The molecule has 0 fully saturated rings. The number of hydrogen-bond acceptors (Lipinski definition) is 4. The maximum Gasteiger partial charge on any atom is 0.213 e. The van der Waals surface area contributed by atoms with Crippen molar-refractivity contribution in [3.63, 3.8) is 0 Å². The van der Waals surface area contributed by atoms with E-state index in [2.05, 4.69) is 29.8 Å². The second-order valence-corrected chi connectivity index (χ2v) is 8.11. The van der Waals surface area contributed by atoms with Crippen LogP contribution in [0.4, 0.5) is 0 Å². The molecule has 0 saturated carbocycles. The van der Waals surface area contributed by atoms with E-state index in [0.717, 1.165) is 18.7 Å². The standard InChI is InChI=1S/C15H27N3O2S/c1-13-7-8-16-15(11-13)12-14(2)18(5)9-6-10-21(19,20)17(3)4/h7-8,11,14H,6,9-10,12H2,1-5H3/t14-/m1/s1. The van der Waals surface area contributed by atoms with Crippen LogP contribution in [0.2, 0.25) is 0 Å². The van der Waals surface area contributed by atoms with Crippen molar-refractivity contribution in [2.24, 2.45) is 0 Å². The lowest BCUT2D eigenvalue weighted by Crippen LogP contribution is -2.34. The fourth-order valence-electron chi connectivity index (χ4n) is 2.07. The lowest BCUT2D eigenvalue weighted by atomic mass is 10.1. The number of aromatic nitrogens is 1. The zero-order chi connectivity index (χ0) is 16.0. The molecule has 1 atom stereocenters. The lowest BCUT2D eigenvalue weighted by molar-refractivity contribution is 0.255. The van der Waals surface area contributed by atoms with Crippen LogP contribution in [-0.2, 0) is 16.4 Å². The lowest BCUT2D eigenvalue weighted by Gasteiger charge is -2.24. The minimum Gasteiger partial charge on any atom is -0.303 e. The van der Waals surface area contributed by atoms with Crippen LogP contribution >= 0.6 is 0 Å². The Bertz CT molecular complexity index is 544. The van der Waals surface area contributed by atoms with Gasteiger partial charge in [-0.1, -0.05) is 0 Å². The Labute approximate surface area is 129 Å². The zero-order valence-corrected chi connectivity index (χ0v) is 14.5. The molecule has 0 bridgehead atoms. The summed E-state index contributed by atoms with van der Waals surface area (Å²) in [7, 11) is 2.09. The van der Waals surface area contributed by atoms with Crippen molar-refractivity contribution < 1.29 is 8.42 Å². The Morgan fingerprint density at radius 1 is 1.29 bits per heavy atom. The highest BCUT2D eigenvalue weighted by Crippen LogP contribution is 2.08. The number of nitrogens with zero attached hydrogens (tertiary/aromatic N) is 3. The number of aryl methyl sites for hydroxylation is 1. The molecule has 0 aromatic carbocycles. The van der Waals surface area contributed by atoms with Crippen LogP contribution < -0.4 is 0 Å². The average Bonchev–Trinajstić information content (AvgIpc) is 2.38. The highest BCUT2D eigenvalue weighted by molar-refractivity contribution is 7.89. The van der Waals surface area contributed by atoms with Crippen molar-refractivity contribution in [2.45, 2.75) is 32.7 Å². The molecule has 120 valence electrons. The summed E-state index contributed by atoms with van der Waals surface area (Å²) in [6, 6.07) is 4.42. The second kappa shape index (κ2) is 7.87. The Kier molecular flexibility index (Phi) is 6.77. The zero-order valence-electron chi connectivity index (χ0n) is 13.7. The van der Waals surface area contributed by atoms with Crippen molar-refractivity contribution in [1.29, 1.82) is 0 Å². The van der Waals surface area contributed by atoms with E-state index in [9.17, 15) is 8.42 Å². The van der Waals surface area contributed by atoms with E-state index in [1.807, 2.05) is 19.3 Å². The maximum atomic E-state index is 11.7. The molecule has 1 heterocycles. The van der Waals surface area contributed by atoms with Crippen molar-refractivity contribution in [3.8, 4) is 0 Å². The molecule has 0 aliphatic carbocycles. The van der Waals surface area contributed by atoms with Crippen molar-refractivity contribution in [2.75, 3.05) is 33.4 Å². The minimum atomic E-state index is -3.09. The summed E-state index contributed by atoms with van der Waals surface area (Å²) in [6.07, 6.45) is 3.35. The Hall–Kier alpha value is -0.980. The van der Waals surface area contributed by atoms with Gasteiger partial charge in [0.15, 0.2) is 0 Å². The smallest absolute Gasteiger partial charge is 0.213 e. The normalized spacial score (nSPS) is 13.9. The summed E-state index contributed by atoms with van der Waals surface area (Å²) in [5, 5.41) is 0. The quantitative estimate of drug-likeness (QED) is 0.730. The molecule has 0 N–H and O–H groups in total. The van der Waals surface area contributed by atoms with Crippen LogP contribution in [0, 0.1) is 6.92 Å². The minimum absolute atomic E-state index is 0.194. The summed E-state index contributed by atoms with van der Waals surface area (Å²) >= 11 is 0. The SMILES string of the molecule is Cc1ccnc(C[C@@H](C)N(C)CCCS(=O)(=O)N(C)C)c1. The number of rotatable bonds is 8. The highest BCUT2D eigenvalue weighted by Gasteiger charge is 2.15. The van der Waals surface area contributed by atoms with Gasteiger partial charge in [-0.2, -0.15) is 0 Å². The van der Waals surface area contributed by atoms with Gasteiger partial charge in [-0.25, -0.2) is 12.7 Å². The molecule has 5 nitrogen and oxygen atoms in total. The summed E-state index contributed by atoms with van der Waals surface area (Å²) in [4.78, 5) is 6.57. The van der Waals surface area contributed by atoms with Gasteiger partial charge in [-0.3, -0.25) is 4.98 Å². The molecule has 0 aliphatic rings. The molecule has 6 heteroatoms. The van der Waals surface area contributed by atoms with Gasteiger partial charge in [0, 0.05) is 38.4 Å². The summed E-state index contributed by atoms with van der Waals surface area (Å²) in [5.41, 5.74) is 2.29. The van der Waals surface area contributed by atoms with Crippen molar-refractivity contribution in [1.82, 2.24) is 14.2 Å².